The molecule has 0 amide bonds. The van der Waals surface area contributed by atoms with Crippen molar-refractivity contribution in [3.63, 3.8) is 0 Å². The van der Waals surface area contributed by atoms with Crippen LogP contribution in [0.4, 0.5) is 0 Å². The fourth-order valence-corrected chi connectivity index (χ4v) is 4.30. The SMILES string of the molecule is O=C(OCc1cn2cc(Cl)ccc2n1)c1ccccc1SCC1CCCO1. The Morgan fingerprint density at radius 3 is 3.04 bits per heavy atom. The van der Waals surface area contributed by atoms with Gasteiger partial charge in [-0.15, -0.1) is 11.8 Å². The van der Waals surface area contributed by atoms with Gasteiger partial charge in [-0.05, 0) is 37.1 Å². The first-order valence-corrected chi connectivity index (χ1v) is 10.2. The summed E-state index contributed by atoms with van der Waals surface area (Å²) in [5.41, 5.74) is 2.01. The molecule has 7 heteroatoms. The van der Waals surface area contributed by atoms with Crippen LogP contribution in [0.3, 0.4) is 0 Å². The summed E-state index contributed by atoms with van der Waals surface area (Å²) in [5.74, 6) is 0.498. The number of halogens is 1. The highest BCUT2D eigenvalue weighted by molar-refractivity contribution is 7.99. The average Bonchev–Trinajstić information content (AvgIpc) is 3.33. The minimum absolute atomic E-state index is 0.114. The largest absolute Gasteiger partial charge is 0.455 e. The fourth-order valence-electron chi connectivity index (χ4n) is 3.02. The van der Waals surface area contributed by atoms with Crippen LogP contribution in [0.5, 0.6) is 0 Å². The van der Waals surface area contributed by atoms with Gasteiger partial charge in [0.1, 0.15) is 12.3 Å². The average molecular weight is 403 g/mol. The summed E-state index contributed by atoms with van der Waals surface area (Å²) in [4.78, 5) is 17.9. The van der Waals surface area contributed by atoms with Crippen LogP contribution in [0.1, 0.15) is 28.9 Å². The second kappa shape index (κ2) is 8.33. The Morgan fingerprint density at radius 1 is 1.30 bits per heavy atom. The van der Waals surface area contributed by atoms with Gasteiger partial charge < -0.3 is 13.9 Å². The van der Waals surface area contributed by atoms with Crippen molar-refractivity contribution in [2.45, 2.75) is 30.4 Å². The molecule has 0 N–H and O–H groups in total. The first kappa shape index (κ1) is 18.3. The Morgan fingerprint density at radius 2 is 2.19 bits per heavy atom. The number of thioether (sulfide) groups is 1. The molecule has 4 rings (SSSR count). The van der Waals surface area contributed by atoms with E-state index in [1.54, 1.807) is 30.1 Å². The first-order valence-electron chi connectivity index (χ1n) is 8.83. The molecule has 0 radical (unpaired) electrons. The van der Waals surface area contributed by atoms with Crippen molar-refractivity contribution in [2.75, 3.05) is 12.4 Å². The van der Waals surface area contributed by atoms with Crippen molar-refractivity contribution in [3.8, 4) is 0 Å². The van der Waals surface area contributed by atoms with E-state index in [0.717, 1.165) is 35.7 Å². The second-order valence-corrected chi connectivity index (χ2v) is 7.86. The molecular weight excluding hydrogens is 384 g/mol. The van der Waals surface area contributed by atoms with Gasteiger partial charge in [0.2, 0.25) is 0 Å². The van der Waals surface area contributed by atoms with Crippen LogP contribution in [0.25, 0.3) is 5.65 Å². The van der Waals surface area contributed by atoms with E-state index in [4.69, 9.17) is 21.1 Å². The minimum Gasteiger partial charge on any atom is -0.455 e. The lowest BCUT2D eigenvalue weighted by Gasteiger charge is -2.11. The molecule has 1 fully saturated rings. The van der Waals surface area contributed by atoms with Crippen LogP contribution in [-0.4, -0.2) is 33.8 Å². The van der Waals surface area contributed by atoms with E-state index in [-0.39, 0.29) is 18.7 Å². The van der Waals surface area contributed by atoms with Gasteiger partial charge in [0.15, 0.2) is 0 Å². The Hall–Kier alpha value is -2.02. The Bertz CT molecular complexity index is 953. The summed E-state index contributed by atoms with van der Waals surface area (Å²) in [7, 11) is 0. The van der Waals surface area contributed by atoms with Crippen molar-refractivity contribution in [3.05, 3.63) is 65.1 Å². The number of benzene rings is 1. The molecule has 3 heterocycles. The maximum Gasteiger partial charge on any atom is 0.339 e. The number of pyridine rings is 1. The first-order chi connectivity index (χ1) is 13.2. The molecule has 3 aromatic rings. The molecule has 27 heavy (non-hydrogen) atoms. The third-order valence-electron chi connectivity index (χ3n) is 4.37. The van der Waals surface area contributed by atoms with Crippen LogP contribution in [0.2, 0.25) is 5.02 Å². The van der Waals surface area contributed by atoms with E-state index >= 15 is 0 Å². The summed E-state index contributed by atoms with van der Waals surface area (Å²) in [5, 5.41) is 0.626. The Balaban J connectivity index is 1.41. The predicted octanol–water partition coefficient (Wildman–Crippen LogP) is 4.62. The van der Waals surface area contributed by atoms with Crippen molar-refractivity contribution in [2.24, 2.45) is 0 Å². The Labute approximate surface area is 166 Å². The molecule has 1 aliphatic heterocycles. The molecule has 140 valence electrons. The summed E-state index contributed by atoms with van der Waals surface area (Å²) in [6.07, 6.45) is 6.04. The number of aromatic nitrogens is 2. The number of ether oxygens (including phenoxy) is 2. The molecule has 1 aromatic carbocycles. The molecule has 0 spiro atoms. The molecule has 1 saturated heterocycles. The molecule has 2 aromatic heterocycles. The van der Waals surface area contributed by atoms with Crippen LogP contribution in [-0.2, 0) is 16.1 Å². The van der Waals surface area contributed by atoms with E-state index in [0.29, 0.717) is 16.3 Å². The van der Waals surface area contributed by atoms with E-state index in [2.05, 4.69) is 4.98 Å². The number of carbonyl (C=O) groups excluding carboxylic acids is 1. The van der Waals surface area contributed by atoms with Gasteiger partial charge in [0.05, 0.1) is 22.4 Å². The number of esters is 1. The fraction of sp³-hybridized carbons (Fsp3) is 0.300. The van der Waals surface area contributed by atoms with Gasteiger partial charge in [-0.2, -0.15) is 0 Å². The lowest BCUT2D eigenvalue weighted by Crippen LogP contribution is -2.10. The molecule has 1 unspecified atom stereocenters. The van der Waals surface area contributed by atoms with Gasteiger partial charge in [-0.3, -0.25) is 0 Å². The number of carbonyl (C=O) groups is 1. The summed E-state index contributed by atoms with van der Waals surface area (Å²) in [6.45, 7) is 0.946. The summed E-state index contributed by atoms with van der Waals surface area (Å²) >= 11 is 7.62. The smallest absolute Gasteiger partial charge is 0.339 e. The van der Waals surface area contributed by atoms with Crippen molar-refractivity contribution >= 4 is 35.0 Å². The van der Waals surface area contributed by atoms with Crippen LogP contribution < -0.4 is 0 Å². The highest BCUT2D eigenvalue weighted by Crippen LogP contribution is 2.27. The monoisotopic (exact) mass is 402 g/mol. The number of hydrogen-bond donors (Lipinski definition) is 0. The van der Waals surface area contributed by atoms with Crippen LogP contribution in [0, 0.1) is 0 Å². The summed E-state index contributed by atoms with van der Waals surface area (Å²) in [6, 6.07) is 11.1. The number of nitrogens with zero attached hydrogens (tertiary/aromatic N) is 2. The topological polar surface area (TPSA) is 52.8 Å². The predicted molar refractivity (Wildman–Crippen MR) is 105 cm³/mol. The molecule has 1 aliphatic rings. The van der Waals surface area contributed by atoms with Crippen LogP contribution >= 0.6 is 23.4 Å². The van der Waals surface area contributed by atoms with E-state index in [1.165, 1.54) is 0 Å². The van der Waals surface area contributed by atoms with E-state index in [9.17, 15) is 4.79 Å². The standard InChI is InChI=1S/C20H19ClN2O3S/c21-14-7-8-19-22-15(11-23(19)10-14)12-26-20(24)17-5-1-2-6-18(17)27-13-16-4-3-9-25-16/h1-2,5-8,10-11,16H,3-4,9,12-13H2. The van der Waals surface area contributed by atoms with E-state index in [1.807, 2.05) is 34.9 Å². The Kier molecular flexibility index (Phi) is 5.66. The van der Waals surface area contributed by atoms with Gasteiger partial charge >= 0.3 is 5.97 Å². The minimum atomic E-state index is -0.347. The number of rotatable bonds is 6. The zero-order chi connectivity index (χ0) is 18.6. The molecule has 1 atom stereocenters. The molecule has 5 nitrogen and oxygen atoms in total. The second-order valence-electron chi connectivity index (χ2n) is 6.36. The van der Waals surface area contributed by atoms with Crippen molar-refractivity contribution < 1.29 is 14.3 Å². The molecular formula is C20H19ClN2O3S. The van der Waals surface area contributed by atoms with Gasteiger partial charge in [-0.1, -0.05) is 23.7 Å². The molecule has 0 saturated carbocycles. The zero-order valence-corrected chi connectivity index (χ0v) is 16.2. The van der Waals surface area contributed by atoms with Gasteiger partial charge in [0.25, 0.3) is 0 Å². The number of hydrogen-bond acceptors (Lipinski definition) is 5. The van der Waals surface area contributed by atoms with Crippen LogP contribution in [0.15, 0.2) is 53.7 Å². The number of imidazole rings is 1. The normalized spacial score (nSPS) is 16.7. The van der Waals surface area contributed by atoms with Gasteiger partial charge in [-0.25, -0.2) is 9.78 Å². The highest BCUT2D eigenvalue weighted by Gasteiger charge is 2.18. The molecule has 0 aliphatic carbocycles. The van der Waals surface area contributed by atoms with Crippen molar-refractivity contribution in [1.29, 1.82) is 0 Å². The maximum absolute atomic E-state index is 12.6. The third-order valence-corrected chi connectivity index (χ3v) is 5.80. The van der Waals surface area contributed by atoms with Crippen molar-refractivity contribution in [1.82, 2.24) is 9.38 Å². The molecule has 0 bridgehead atoms. The highest BCUT2D eigenvalue weighted by atomic mass is 35.5. The lowest BCUT2D eigenvalue weighted by atomic mass is 10.2. The quantitative estimate of drug-likeness (QED) is 0.445. The zero-order valence-electron chi connectivity index (χ0n) is 14.6. The third kappa shape index (κ3) is 4.46. The number of fused-ring (bicyclic) bond motifs is 1. The maximum atomic E-state index is 12.6. The lowest BCUT2D eigenvalue weighted by molar-refractivity contribution is 0.0464. The van der Waals surface area contributed by atoms with Gasteiger partial charge in [0, 0.05) is 29.6 Å². The summed E-state index contributed by atoms with van der Waals surface area (Å²) < 4.78 is 13.0. The van der Waals surface area contributed by atoms with E-state index < -0.39 is 0 Å².